The number of aromatic nitrogens is 2. The molecular weight excluding hydrogens is 294 g/mol. The first-order valence-electron chi connectivity index (χ1n) is 5.64. The summed E-state index contributed by atoms with van der Waals surface area (Å²) in [7, 11) is 0. The quantitative estimate of drug-likeness (QED) is 0.916. The lowest BCUT2D eigenvalue weighted by molar-refractivity contribution is 0.0939. The van der Waals surface area contributed by atoms with Crippen LogP contribution < -0.4 is 5.32 Å². The van der Waals surface area contributed by atoms with Gasteiger partial charge in [-0.1, -0.05) is 12.1 Å². The van der Waals surface area contributed by atoms with Crippen LogP contribution in [0.3, 0.4) is 0 Å². The summed E-state index contributed by atoms with van der Waals surface area (Å²) in [6, 6.07) is 5.55. The fourth-order valence-corrected chi connectivity index (χ4v) is 2.12. The van der Waals surface area contributed by atoms with Crippen molar-refractivity contribution in [1.82, 2.24) is 15.5 Å². The number of amides is 1. The van der Waals surface area contributed by atoms with Crippen LogP contribution in [0.15, 0.2) is 35.1 Å². The lowest BCUT2D eigenvalue weighted by atomic mass is 10.1. The molecule has 0 saturated carbocycles. The van der Waals surface area contributed by atoms with Crippen LogP contribution in [0.2, 0.25) is 0 Å². The summed E-state index contributed by atoms with van der Waals surface area (Å²) in [6.45, 7) is 3.88. The summed E-state index contributed by atoms with van der Waals surface area (Å²) in [5.41, 5.74) is 2.64. The lowest BCUT2D eigenvalue weighted by Crippen LogP contribution is -2.26. The van der Waals surface area contributed by atoms with E-state index in [2.05, 4.69) is 31.4 Å². The molecule has 0 aliphatic carbocycles. The average Bonchev–Trinajstić information content (AvgIpc) is 2.86. The van der Waals surface area contributed by atoms with Crippen molar-refractivity contribution in [3.8, 4) is 0 Å². The average molecular weight is 308 g/mol. The zero-order valence-electron chi connectivity index (χ0n) is 10.2. The molecule has 0 fully saturated rings. The Kier molecular flexibility index (Phi) is 3.81. The van der Waals surface area contributed by atoms with Crippen LogP contribution in [0, 0.1) is 6.92 Å². The third-order valence-corrected chi connectivity index (χ3v) is 3.86. The SMILES string of the molecule is Cc1cccc(C(=O)NC(C)c2cn[nH]c2)c1Br. The second-order valence-electron chi connectivity index (χ2n) is 4.16. The van der Waals surface area contributed by atoms with E-state index in [4.69, 9.17) is 0 Å². The van der Waals surface area contributed by atoms with Gasteiger partial charge in [0.2, 0.25) is 0 Å². The molecule has 0 aliphatic heterocycles. The normalized spacial score (nSPS) is 12.2. The molecule has 2 aromatic rings. The third-order valence-electron chi connectivity index (χ3n) is 2.80. The number of carbonyl (C=O) groups excluding carboxylic acids is 1. The fraction of sp³-hybridized carbons (Fsp3) is 0.231. The Labute approximate surface area is 114 Å². The van der Waals surface area contributed by atoms with Crippen molar-refractivity contribution >= 4 is 21.8 Å². The van der Waals surface area contributed by atoms with Gasteiger partial charge in [-0.05, 0) is 41.4 Å². The molecule has 2 rings (SSSR count). The van der Waals surface area contributed by atoms with Crippen molar-refractivity contribution < 1.29 is 4.79 Å². The molecule has 5 heteroatoms. The molecule has 1 atom stereocenters. The molecular formula is C13H14BrN3O. The number of benzene rings is 1. The number of aromatic amines is 1. The van der Waals surface area contributed by atoms with E-state index in [1.165, 1.54) is 0 Å². The van der Waals surface area contributed by atoms with Crippen molar-refractivity contribution in [3.05, 3.63) is 51.8 Å². The van der Waals surface area contributed by atoms with Crippen LogP contribution in [-0.4, -0.2) is 16.1 Å². The number of hydrogen-bond donors (Lipinski definition) is 2. The van der Waals surface area contributed by atoms with E-state index >= 15 is 0 Å². The highest BCUT2D eigenvalue weighted by Crippen LogP contribution is 2.21. The summed E-state index contributed by atoms with van der Waals surface area (Å²) < 4.78 is 0.835. The molecule has 0 saturated heterocycles. The Morgan fingerprint density at radius 1 is 1.50 bits per heavy atom. The van der Waals surface area contributed by atoms with Crippen molar-refractivity contribution in [2.75, 3.05) is 0 Å². The zero-order valence-corrected chi connectivity index (χ0v) is 11.8. The maximum Gasteiger partial charge on any atom is 0.252 e. The van der Waals surface area contributed by atoms with E-state index in [-0.39, 0.29) is 11.9 Å². The summed E-state index contributed by atoms with van der Waals surface area (Å²) in [5, 5.41) is 9.54. The van der Waals surface area contributed by atoms with Crippen molar-refractivity contribution in [2.24, 2.45) is 0 Å². The summed E-state index contributed by atoms with van der Waals surface area (Å²) >= 11 is 3.44. The highest BCUT2D eigenvalue weighted by Gasteiger charge is 2.15. The Morgan fingerprint density at radius 2 is 2.28 bits per heavy atom. The molecule has 1 aromatic carbocycles. The minimum Gasteiger partial charge on any atom is -0.345 e. The van der Waals surface area contributed by atoms with Gasteiger partial charge in [0.25, 0.3) is 5.91 Å². The number of H-pyrrole nitrogens is 1. The van der Waals surface area contributed by atoms with Crippen LogP contribution in [0.1, 0.15) is 34.5 Å². The van der Waals surface area contributed by atoms with E-state index in [0.29, 0.717) is 5.56 Å². The smallest absolute Gasteiger partial charge is 0.252 e. The highest BCUT2D eigenvalue weighted by atomic mass is 79.9. The molecule has 2 N–H and O–H groups in total. The highest BCUT2D eigenvalue weighted by molar-refractivity contribution is 9.10. The van der Waals surface area contributed by atoms with Gasteiger partial charge in [0, 0.05) is 16.2 Å². The number of carbonyl (C=O) groups is 1. The molecule has 0 bridgehead atoms. The molecule has 94 valence electrons. The maximum atomic E-state index is 12.2. The first-order valence-corrected chi connectivity index (χ1v) is 6.43. The number of rotatable bonds is 3. The molecule has 1 heterocycles. The Morgan fingerprint density at radius 3 is 2.94 bits per heavy atom. The van der Waals surface area contributed by atoms with Gasteiger partial charge in [-0.15, -0.1) is 0 Å². The first-order chi connectivity index (χ1) is 8.59. The molecule has 0 spiro atoms. The van der Waals surface area contributed by atoms with Gasteiger partial charge >= 0.3 is 0 Å². The fourth-order valence-electron chi connectivity index (χ4n) is 1.68. The molecule has 0 aliphatic rings. The molecule has 1 amide bonds. The van der Waals surface area contributed by atoms with Gasteiger partial charge in [0.15, 0.2) is 0 Å². The van der Waals surface area contributed by atoms with E-state index in [1.54, 1.807) is 18.5 Å². The van der Waals surface area contributed by atoms with Gasteiger partial charge in [-0.2, -0.15) is 5.10 Å². The minimum atomic E-state index is -0.0979. The molecule has 1 unspecified atom stereocenters. The number of hydrogen-bond acceptors (Lipinski definition) is 2. The second kappa shape index (κ2) is 5.35. The van der Waals surface area contributed by atoms with Crippen LogP contribution in [0.4, 0.5) is 0 Å². The number of halogens is 1. The predicted molar refractivity (Wildman–Crippen MR) is 73.3 cm³/mol. The van der Waals surface area contributed by atoms with Crippen molar-refractivity contribution in [1.29, 1.82) is 0 Å². The largest absolute Gasteiger partial charge is 0.345 e. The van der Waals surface area contributed by atoms with E-state index in [9.17, 15) is 4.79 Å². The van der Waals surface area contributed by atoms with Gasteiger partial charge in [0.05, 0.1) is 17.8 Å². The molecule has 18 heavy (non-hydrogen) atoms. The lowest BCUT2D eigenvalue weighted by Gasteiger charge is -2.13. The van der Waals surface area contributed by atoms with Gasteiger partial charge in [0.1, 0.15) is 0 Å². The van der Waals surface area contributed by atoms with E-state index in [1.807, 2.05) is 26.0 Å². The Hall–Kier alpha value is -1.62. The third kappa shape index (κ3) is 2.61. The number of aryl methyl sites for hydroxylation is 1. The number of nitrogens with one attached hydrogen (secondary N) is 2. The zero-order chi connectivity index (χ0) is 13.1. The minimum absolute atomic E-state index is 0.0799. The summed E-state index contributed by atoms with van der Waals surface area (Å²) in [4.78, 5) is 12.2. The molecule has 1 aromatic heterocycles. The number of nitrogens with zero attached hydrogens (tertiary/aromatic N) is 1. The summed E-state index contributed by atoms with van der Waals surface area (Å²) in [6.07, 6.45) is 3.48. The van der Waals surface area contributed by atoms with Crippen molar-refractivity contribution in [2.45, 2.75) is 19.9 Å². The standard InChI is InChI=1S/C13H14BrN3O/c1-8-4-3-5-11(12(8)14)13(18)17-9(2)10-6-15-16-7-10/h3-7,9H,1-2H3,(H,15,16)(H,17,18). The second-order valence-corrected chi connectivity index (χ2v) is 4.96. The summed E-state index contributed by atoms with van der Waals surface area (Å²) in [5.74, 6) is -0.0979. The Balaban J connectivity index is 2.15. The van der Waals surface area contributed by atoms with Crippen LogP contribution in [-0.2, 0) is 0 Å². The molecule has 0 radical (unpaired) electrons. The van der Waals surface area contributed by atoms with Gasteiger partial charge in [-0.25, -0.2) is 0 Å². The Bertz CT molecular complexity index is 551. The molecule has 4 nitrogen and oxygen atoms in total. The van der Waals surface area contributed by atoms with Crippen molar-refractivity contribution in [3.63, 3.8) is 0 Å². The van der Waals surface area contributed by atoms with Gasteiger partial charge in [-0.3, -0.25) is 9.89 Å². The monoisotopic (exact) mass is 307 g/mol. The predicted octanol–water partition coefficient (Wildman–Crippen LogP) is 2.97. The van der Waals surface area contributed by atoms with Crippen LogP contribution >= 0.6 is 15.9 Å². The van der Waals surface area contributed by atoms with E-state index < -0.39 is 0 Å². The van der Waals surface area contributed by atoms with Crippen LogP contribution in [0.25, 0.3) is 0 Å². The van der Waals surface area contributed by atoms with Crippen LogP contribution in [0.5, 0.6) is 0 Å². The van der Waals surface area contributed by atoms with Gasteiger partial charge < -0.3 is 5.32 Å². The maximum absolute atomic E-state index is 12.2. The first kappa shape index (κ1) is 12.8. The topological polar surface area (TPSA) is 57.8 Å². The van der Waals surface area contributed by atoms with E-state index in [0.717, 1.165) is 15.6 Å².